The molecule has 7 nitrogen and oxygen atoms in total. The molecule has 0 unspecified atom stereocenters. The second-order valence-electron chi connectivity index (χ2n) is 6.25. The quantitative estimate of drug-likeness (QED) is 0.578. The highest BCUT2D eigenvalue weighted by Gasteiger charge is 2.14. The molecule has 1 aromatic heterocycles. The van der Waals surface area contributed by atoms with Gasteiger partial charge in [0.25, 0.3) is 5.91 Å². The van der Waals surface area contributed by atoms with E-state index in [1.807, 2.05) is 13.8 Å². The molecule has 0 atom stereocenters. The standard InChI is InChI=1S/C21H29N3O4S/c1-5-9-15-18(6-2)29-21(23-15)24-19(25)13-22-20(26)14-10-11-16(27-7-3)17(12-14)28-8-4/h10-12H,5-9,13H2,1-4H3,(H,22,26)(H,23,24,25). The number of nitrogens with zero attached hydrogens (tertiary/aromatic N) is 1. The van der Waals surface area contributed by atoms with Crippen LogP contribution < -0.4 is 20.1 Å². The van der Waals surface area contributed by atoms with Crippen LogP contribution in [0.2, 0.25) is 0 Å². The first-order valence-electron chi connectivity index (χ1n) is 9.98. The van der Waals surface area contributed by atoms with Crippen molar-refractivity contribution in [3.8, 4) is 11.5 Å². The predicted molar refractivity (Wildman–Crippen MR) is 115 cm³/mol. The molecule has 0 aliphatic carbocycles. The van der Waals surface area contributed by atoms with Gasteiger partial charge >= 0.3 is 0 Å². The van der Waals surface area contributed by atoms with E-state index in [2.05, 4.69) is 29.5 Å². The molecule has 2 N–H and O–H groups in total. The molecule has 0 bridgehead atoms. The summed E-state index contributed by atoms with van der Waals surface area (Å²) in [5, 5.41) is 5.97. The Morgan fingerprint density at radius 3 is 2.45 bits per heavy atom. The van der Waals surface area contributed by atoms with Crippen LogP contribution in [-0.2, 0) is 17.6 Å². The van der Waals surface area contributed by atoms with Crippen LogP contribution in [0.5, 0.6) is 11.5 Å². The fraction of sp³-hybridized carbons (Fsp3) is 0.476. The summed E-state index contributed by atoms with van der Waals surface area (Å²) in [6.45, 7) is 8.74. The fourth-order valence-electron chi connectivity index (χ4n) is 2.76. The maximum Gasteiger partial charge on any atom is 0.251 e. The number of aryl methyl sites for hydroxylation is 2. The first-order valence-corrected chi connectivity index (χ1v) is 10.8. The Kier molecular flexibility index (Phi) is 8.92. The second-order valence-corrected chi connectivity index (χ2v) is 7.33. The highest BCUT2D eigenvalue weighted by molar-refractivity contribution is 7.15. The summed E-state index contributed by atoms with van der Waals surface area (Å²) in [4.78, 5) is 30.3. The number of ether oxygens (including phenoxy) is 2. The summed E-state index contributed by atoms with van der Waals surface area (Å²) < 4.78 is 11.0. The zero-order valence-electron chi connectivity index (χ0n) is 17.5. The van der Waals surface area contributed by atoms with Gasteiger partial charge in [0.2, 0.25) is 5.91 Å². The van der Waals surface area contributed by atoms with Crippen LogP contribution >= 0.6 is 11.3 Å². The average molecular weight is 420 g/mol. The lowest BCUT2D eigenvalue weighted by atomic mass is 10.2. The van der Waals surface area contributed by atoms with Crippen LogP contribution in [0.1, 0.15) is 55.0 Å². The number of carbonyl (C=O) groups is 2. The van der Waals surface area contributed by atoms with Gasteiger partial charge in [0, 0.05) is 10.4 Å². The topological polar surface area (TPSA) is 89.6 Å². The van der Waals surface area contributed by atoms with Gasteiger partial charge in [-0.3, -0.25) is 9.59 Å². The molecule has 29 heavy (non-hydrogen) atoms. The largest absolute Gasteiger partial charge is 0.490 e. The molecule has 0 spiro atoms. The normalized spacial score (nSPS) is 10.5. The number of anilines is 1. The van der Waals surface area contributed by atoms with Crippen molar-refractivity contribution >= 4 is 28.3 Å². The average Bonchev–Trinajstić information content (AvgIpc) is 3.09. The van der Waals surface area contributed by atoms with Crippen molar-refractivity contribution in [2.24, 2.45) is 0 Å². The number of rotatable bonds is 11. The molecule has 0 fully saturated rings. The molecular formula is C21H29N3O4S. The smallest absolute Gasteiger partial charge is 0.251 e. The fourth-order valence-corrected chi connectivity index (χ4v) is 3.73. The Labute approximate surface area is 175 Å². The summed E-state index contributed by atoms with van der Waals surface area (Å²) in [6.07, 6.45) is 2.79. The third-order valence-corrected chi connectivity index (χ3v) is 5.20. The molecule has 0 saturated carbocycles. The van der Waals surface area contributed by atoms with E-state index in [9.17, 15) is 9.59 Å². The molecule has 2 amide bonds. The van der Waals surface area contributed by atoms with Crippen LogP contribution in [0, 0.1) is 0 Å². The Morgan fingerprint density at radius 1 is 1.07 bits per heavy atom. The van der Waals surface area contributed by atoms with Gasteiger partial charge in [-0.05, 0) is 44.9 Å². The minimum atomic E-state index is -0.357. The van der Waals surface area contributed by atoms with E-state index in [0.29, 0.717) is 35.4 Å². The van der Waals surface area contributed by atoms with Gasteiger partial charge in [-0.2, -0.15) is 0 Å². The van der Waals surface area contributed by atoms with Crippen LogP contribution in [0.15, 0.2) is 18.2 Å². The summed E-state index contributed by atoms with van der Waals surface area (Å²) in [7, 11) is 0. The van der Waals surface area contributed by atoms with Gasteiger partial charge in [-0.25, -0.2) is 4.98 Å². The third-order valence-electron chi connectivity index (χ3n) is 4.05. The molecule has 2 aromatic rings. The Bertz CT molecular complexity index is 835. The van der Waals surface area contributed by atoms with E-state index in [4.69, 9.17) is 9.47 Å². The number of hydrogen-bond donors (Lipinski definition) is 2. The molecule has 2 rings (SSSR count). The Balaban J connectivity index is 1.96. The van der Waals surface area contributed by atoms with Gasteiger partial charge in [-0.1, -0.05) is 20.3 Å². The summed E-state index contributed by atoms with van der Waals surface area (Å²) in [6, 6.07) is 4.96. The summed E-state index contributed by atoms with van der Waals surface area (Å²) >= 11 is 1.49. The lowest BCUT2D eigenvalue weighted by Crippen LogP contribution is -2.32. The van der Waals surface area contributed by atoms with Crippen LogP contribution in [-0.4, -0.2) is 36.6 Å². The van der Waals surface area contributed by atoms with Crippen molar-refractivity contribution in [2.75, 3.05) is 25.1 Å². The van der Waals surface area contributed by atoms with E-state index in [1.54, 1.807) is 18.2 Å². The van der Waals surface area contributed by atoms with Crippen molar-refractivity contribution in [1.82, 2.24) is 10.3 Å². The molecular weight excluding hydrogens is 390 g/mol. The minimum Gasteiger partial charge on any atom is -0.490 e. The van der Waals surface area contributed by atoms with Crippen molar-refractivity contribution in [1.29, 1.82) is 0 Å². The molecule has 8 heteroatoms. The molecule has 1 heterocycles. The Hall–Kier alpha value is -2.61. The SMILES string of the molecule is CCCc1nc(NC(=O)CNC(=O)c2ccc(OCC)c(OCC)c2)sc1CC. The first-order chi connectivity index (χ1) is 14.0. The van der Waals surface area contributed by atoms with E-state index < -0.39 is 0 Å². The lowest BCUT2D eigenvalue weighted by molar-refractivity contribution is -0.115. The second kappa shape index (κ2) is 11.4. The zero-order chi connectivity index (χ0) is 21.2. The maximum absolute atomic E-state index is 12.4. The molecule has 0 aliphatic rings. The predicted octanol–water partition coefficient (Wildman–Crippen LogP) is 3.82. The maximum atomic E-state index is 12.4. The van der Waals surface area contributed by atoms with Crippen LogP contribution in [0.25, 0.3) is 0 Å². The number of amides is 2. The number of carbonyl (C=O) groups excluding carboxylic acids is 2. The van der Waals surface area contributed by atoms with Gasteiger partial charge in [-0.15, -0.1) is 11.3 Å². The molecule has 0 aliphatic heterocycles. The van der Waals surface area contributed by atoms with Crippen molar-refractivity contribution in [2.45, 2.75) is 47.0 Å². The van der Waals surface area contributed by atoms with Gasteiger partial charge in [0.15, 0.2) is 16.6 Å². The number of hydrogen-bond acceptors (Lipinski definition) is 6. The van der Waals surface area contributed by atoms with E-state index >= 15 is 0 Å². The molecule has 0 saturated heterocycles. The highest BCUT2D eigenvalue weighted by Crippen LogP contribution is 2.28. The van der Waals surface area contributed by atoms with E-state index in [0.717, 1.165) is 25.0 Å². The third kappa shape index (κ3) is 6.45. The van der Waals surface area contributed by atoms with Crippen molar-refractivity contribution in [3.63, 3.8) is 0 Å². The monoisotopic (exact) mass is 419 g/mol. The molecule has 158 valence electrons. The summed E-state index contributed by atoms with van der Waals surface area (Å²) in [5.74, 6) is 0.421. The molecule has 1 aromatic carbocycles. The minimum absolute atomic E-state index is 0.139. The number of thiazole rings is 1. The van der Waals surface area contributed by atoms with Crippen molar-refractivity contribution in [3.05, 3.63) is 34.3 Å². The number of aromatic nitrogens is 1. The van der Waals surface area contributed by atoms with Gasteiger partial charge in [0.05, 0.1) is 25.5 Å². The van der Waals surface area contributed by atoms with Gasteiger partial charge in [0.1, 0.15) is 0 Å². The van der Waals surface area contributed by atoms with Gasteiger partial charge < -0.3 is 20.1 Å². The number of benzene rings is 1. The Morgan fingerprint density at radius 2 is 1.79 bits per heavy atom. The molecule has 0 radical (unpaired) electrons. The van der Waals surface area contributed by atoms with Crippen LogP contribution in [0.4, 0.5) is 5.13 Å². The zero-order valence-corrected chi connectivity index (χ0v) is 18.3. The first kappa shape index (κ1) is 22.7. The van der Waals surface area contributed by atoms with E-state index in [-0.39, 0.29) is 18.4 Å². The van der Waals surface area contributed by atoms with E-state index in [1.165, 1.54) is 16.2 Å². The highest BCUT2D eigenvalue weighted by atomic mass is 32.1. The van der Waals surface area contributed by atoms with Crippen LogP contribution in [0.3, 0.4) is 0 Å². The summed E-state index contributed by atoms with van der Waals surface area (Å²) in [5.41, 5.74) is 1.44. The number of nitrogens with one attached hydrogen (secondary N) is 2. The lowest BCUT2D eigenvalue weighted by Gasteiger charge is -2.12. The van der Waals surface area contributed by atoms with Crippen molar-refractivity contribution < 1.29 is 19.1 Å².